The van der Waals surface area contributed by atoms with E-state index in [4.69, 9.17) is 9.84 Å². The molecule has 6 heteroatoms. The number of aliphatic carboxylic acids is 1. The van der Waals surface area contributed by atoms with Crippen molar-refractivity contribution in [3.8, 4) is 5.75 Å². The summed E-state index contributed by atoms with van der Waals surface area (Å²) in [6.45, 7) is 9.51. The molecule has 2 rings (SSSR count). The Morgan fingerprint density at radius 1 is 1.42 bits per heavy atom. The fraction of sp³-hybridized carbons (Fsp3) is 0.389. The van der Waals surface area contributed by atoms with Crippen LogP contribution in [0, 0.1) is 5.92 Å². The second kappa shape index (κ2) is 7.29. The van der Waals surface area contributed by atoms with Crippen LogP contribution in [0.4, 0.5) is 0 Å². The minimum absolute atomic E-state index is 0.213. The van der Waals surface area contributed by atoms with Crippen molar-refractivity contribution in [2.75, 3.05) is 6.61 Å². The normalized spacial score (nSPS) is 11.0. The van der Waals surface area contributed by atoms with Crippen LogP contribution in [0.25, 0.3) is 10.9 Å². The quantitative estimate of drug-likeness (QED) is 0.594. The predicted octanol–water partition coefficient (Wildman–Crippen LogP) is 3.09. The average Bonchev–Trinajstić information content (AvgIpc) is 2.84. The lowest BCUT2D eigenvalue weighted by Crippen LogP contribution is -2.11. The van der Waals surface area contributed by atoms with Gasteiger partial charge in [-0.05, 0) is 30.0 Å². The Morgan fingerprint density at radius 3 is 2.67 bits per heavy atom. The van der Waals surface area contributed by atoms with E-state index in [1.54, 1.807) is 12.1 Å². The third-order valence-electron chi connectivity index (χ3n) is 3.46. The molecule has 0 bridgehead atoms. The molecule has 0 aliphatic carbocycles. The highest BCUT2D eigenvalue weighted by Gasteiger charge is 2.19. The molecule has 128 valence electrons. The summed E-state index contributed by atoms with van der Waals surface area (Å²) >= 11 is 0. The first-order valence-electron chi connectivity index (χ1n) is 7.83. The van der Waals surface area contributed by atoms with E-state index in [9.17, 15) is 9.59 Å². The molecule has 0 fully saturated rings. The van der Waals surface area contributed by atoms with Gasteiger partial charge in [0.1, 0.15) is 18.0 Å². The first-order valence-corrected chi connectivity index (χ1v) is 7.83. The maximum Gasteiger partial charge on any atom is 0.325 e. The molecule has 1 aromatic heterocycles. The molecule has 1 aromatic carbocycles. The highest BCUT2D eigenvalue weighted by atomic mass is 16.5. The summed E-state index contributed by atoms with van der Waals surface area (Å²) in [5.41, 5.74) is 1.73. The molecule has 1 heterocycles. The number of nitrogens with zero attached hydrogens (tertiary/aromatic N) is 2. The van der Waals surface area contributed by atoms with Crippen LogP contribution in [0.2, 0.25) is 0 Å². The van der Waals surface area contributed by atoms with Crippen LogP contribution < -0.4 is 4.74 Å². The molecule has 0 atom stereocenters. The van der Waals surface area contributed by atoms with Crippen molar-refractivity contribution in [2.45, 2.75) is 33.7 Å². The number of Topliss-reactive ketones (excluding diaryl/α,β-unsaturated/α-hetero) is 1. The Bertz CT molecular complexity index is 790. The number of rotatable bonds is 8. The third kappa shape index (κ3) is 3.82. The lowest BCUT2D eigenvalue weighted by Gasteiger charge is -2.12. The zero-order valence-electron chi connectivity index (χ0n) is 14.2. The molecule has 0 unspecified atom stereocenters. The van der Waals surface area contributed by atoms with E-state index >= 15 is 0 Å². The first kappa shape index (κ1) is 17.7. The molecular weight excluding hydrogens is 308 g/mol. The number of aromatic nitrogens is 2. The Labute approximate surface area is 140 Å². The number of hydrogen-bond acceptors (Lipinski definition) is 4. The van der Waals surface area contributed by atoms with Gasteiger partial charge in [0.25, 0.3) is 0 Å². The van der Waals surface area contributed by atoms with Gasteiger partial charge in [0, 0.05) is 12.3 Å². The van der Waals surface area contributed by atoms with Gasteiger partial charge in [0.15, 0.2) is 5.78 Å². The molecule has 24 heavy (non-hydrogen) atoms. The van der Waals surface area contributed by atoms with Crippen molar-refractivity contribution < 1.29 is 19.4 Å². The van der Waals surface area contributed by atoms with E-state index < -0.39 is 5.97 Å². The maximum atomic E-state index is 11.9. The number of benzene rings is 1. The van der Waals surface area contributed by atoms with Crippen LogP contribution in [0.15, 0.2) is 24.8 Å². The molecule has 0 spiro atoms. The molecule has 2 aromatic rings. The Kier molecular flexibility index (Phi) is 5.39. The van der Waals surface area contributed by atoms with Gasteiger partial charge in [-0.15, -0.1) is 6.58 Å². The first-order chi connectivity index (χ1) is 11.3. The highest BCUT2D eigenvalue weighted by Crippen LogP contribution is 2.29. The van der Waals surface area contributed by atoms with Gasteiger partial charge in [-0.25, -0.2) is 0 Å². The Hall–Kier alpha value is -2.63. The Morgan fingerprint density at radius 2 is 2.12 bits per heavy atom. The van der Waals surface area contributed by atoms with Crippen LogP contribution in [0.3, 0.4) is 0 Å². The number of ether oxygens (including phenoxy) is 1. The van der Waals surface area contributed by atoms with Gasteiger partial charge >= 0.3 is 5.97 Å². The van der Waals surface area contributed by atoms with Gasteiger partial charge < -0.3 is 9.84 Å². The van der Waals surface area contributed by atoms with Crippen LogP contribution >= 0.6 is 0 Å². The van der Waals surface area contributed by atoms with E-state index in [1.165, 1.54) is 11.6 Å². The number of allylic oxidation sites excluding steroid dienone is 1. The minimum atomic E-state index is -1.01. The maximum absolute atomic E-state index is 11.9. The lowest BCUT2D eigenvalue weighted by atomic mass is 10.0. The molecule has 0 aliphatic rings. The van der Waals surface area contributed by atoms with E-state index in [2.05, 4.69) is 25.5 Å². The zero-order valence-corrected chi connectivity index (χ0v) is 14.2. The summed E-state index contributed by atoms with van der Waals surface area (Å²) in [6, 6.07) is 3.61. The summed E-state index contributed by atoms with van der Waals surface area (Å²) in [4.78, 5) is 23.0. The predicted molar refractivity (Wildman–Crippen MR) is 91.6 cm³/mol. The third-order valence-corrected chi connectivity index (χ3v) is 3.46. The van der Waals surface area contributed by atoms with Crippen LogP contribution in [-0.4, -0.2) is 33.2 Å². The molecule has 6 nitrogen and oxygen atoms in total. The van der Waals surface area contributed by atoms with Crippen molar-refractivity contribution in [3.05, 3.63) is 36.0 Å². The van der Waals surface area contributed by atoms with E-state index in [1.807, 2.05) is 6.07 Å². The van der Waals surface area contributed by atoms with E-state index in [0.29, 0.717) is 35.6 Å². The van der Waals surface area contributed by atoms with Gasteiger partial charge in [-0.2, -0.15) is 5.10 Å². The molecule has 1 N–H and O–H groups in total. The number of carbonyl (C=O) groups is 2. The second-order valence-corrected chi connectivity index (χ2v) is 6.13. The molecule has 0 radical (unpaired) electrons. The number of carbonyl (C=O) groups excluding carboxylic acids is 1. The Balaban J connectivity index is 2.67. The SMILES string of the molecule is C=CCc1cc(OCC(C)C)cc2c(C(C)=O)nn(CC(=O)O)c12. The van der Waals surface area contributed by atoms with Gasteiger partial charge in [0.2, 0.25) is 0 Å². The van der Waals surface area contributed by atoms with E-state index in [-0.39, 0.29) is 18.0 Å². The smallest absolute Gasteiger partial charge is 0.325 e. The second-order valence-electron chi connectivity index (χ2n) is 6.13. The van der Waals surface area contributed by atoms with Crippen LogP contribution in [-0.2, 0) is 17.8 Å². The van der Waals surface area contributed by atoms with Crippen LogP contribution in [0.1, 0.15) is 36.8 Å². The monoisotopic (exact) mass is 330 g/mol. The molecule has 0 saturated carbocycles. The summed E-state index contributed by atoms with van der Waals surface area (Å²) in [6.07, 6.45) is 2.25. The summed E-state index contributed by atoms with van der Waals surface area (Å²) < 4.78 is 7.15. The molecule has 0 saturated heterocycles. The summed E-state index contributed by atoms with van der Waals surface area (Å²) in [7, 11) is 0. The van der Waals surface area contributed by atoms with Gasteiger partial charge in [0.05, 0.1) is 12.1 Å². The van der Waals surface area contributed by atoms with Crippen LogP contribution in [0.5, 0.6) is 5.75 Å². The number of carboxylic acid groups (broad SMARTS) is 1. The van der Waals surface area contributed by atoms with E-state index in [0.717, 1.165) is 5.56 Å². The number of ketones is 1. The largest absolute Gasteiger partial charge is 0.493 e. The van der Waals surface area contributed by atoms with Gasteiger partial charge in [-0.1, -0.05) is 19.9 Å². The van der Waals surface area contributed by atoms with Crippen molar-refractivity contribution in [1.82, 2.24) is 9.78 Å². The standard InChI is InChI=1S/C18H22N2O4/c1-5-6-13-7-14(24-10-11(2)3)8-15-17(12(4)21)19-20(18(13)15)9-16(22)23/h5,7-8,11H,1,6,9-10H2,2-4H3,(H,22,23). The molecular formula is C18H22N2O4. The molecule has 0 amide bonds. The fourth-order valence-electron chi connectivity index (χ4n) is 2.54. The highest BCUT2D eigenvalue weighted by molar-refractivity contribution is 6.06. The number of hydrogen-bond donors (Lipinski definition) is 1. The van der Waals surface area contributed by atoms with Gasteiger partial charge in [-0.3, -0.25) is 14.3 Å². The minimum Gasteiger partial charge on any atom is -0.493 e. The summed E-state index contributed by atoms with van der Waals surface area (Å²) in [5.74, 6) is -0.218. The van der Waals surface area contributed by atoms with Crippen molar-refractivity contribution in [2.24, 2.45) is 5.92 Å². The average molecular weight is 330 g/mol. The van der Waals surface area contributed by atoms with Crippen molar-refractivity contribution >= 4 is 22.7 Å². The van der Waals surface area contributed by atoms with Crippen molar-refractivity contribution in [3.63, 3.8) is 0 Å². The fourth-order valence-corrected chi connectivity index (χ4v) is 2.54. The topological polar surface area (TPSA) is 81.4 Å². The molecule has 0 aliphatic heterocycles. The number of fused-ring (bicyclic) bond motifs is 1. The zero-order chi connectivity index (χ0) is 17.9. The lowest BCUT2D eigenvalue weighted by molar-refractivity contribution is -0.137. The number of carboxylic acids is 1. The van der Waals surface area contributed by atoms with Crippen molar-refractivity contribution in [1.29, 1.82) is 0 Å². The summed E-state index contributed by atoms with van der Waals surface area (Å²) in [5, 5.41) is 13.9.